The predicted molar refractivity (Wildman–Crippen MR) is 58.0 cm³/mol. The van der Waals surface area contributed by atoms with Gasteiger partial charge in [0.15, 0.2) is 0 Å². The second-order valence-corrected chi connectivity index (χ2v) is 4.50. The highest BCUT2D eigenvalue weighted by molar-refractivity contribution is 9.10. The van der Waals surface area contributed by atoms with E-state index >= 15 is 0 Å². The molecule has 0 spiro atoms. The van der Waals surface area contributed by atoms with Crippen LogP contribution in [0, 0.1) is 0 Å². The van der Waals surface area contributed by atoms with Gasteiger partial charge in [-0.15, -0.1) is 0 Å². The summed E-state index contributed by atoms with van der Waals surface area (Å²) in [6.07, 6.45) is 0. The molecule has 1 aliphatic heterocycles. The Balaban J connectivity index is 2.43. The van der Waals surface area contributed by atoms with Gasteiger partial charge in [-0.25, -0.2) is 0 Å². The maximum Gasteiger partial charge on any atom is 0.320 e. The first-order valence-corrected chi connectivity index (χ1v) is 5.75. The number of halogens is 1. The van der Waals surface area contributed by atoms with E-state index in [4.69, 9.17) is 9.84 Å². The second kappa shape index (κ2) is 6.42. The summed E-state index contributed by atoms with van der Waals surface area (Å²) >= 11 is 3.26. The summed E-state index contributed by atoms with van der Waals surface area (Å²) in [7, 11) is 1.36. The van der Waals surface area contributed by atoms with E-state index in [-0.39, 0.29) is 23.4 Å². The van der Waals surface area contributed by atoms with E-state index in [2.05, 4.69) is 20.7 Å². The number of carbonyl (C=O) groups is 1. The molecule has 1 N–H and O–H groups in total. The Morgan fingerprint density at radius 3 is 3.13 bits per heavy atom. The zero-order valence-electron chi connectivity index (χ0n) is 8.69. The van der Waals surface area contributed by atoms with Gasteiger partial charge in [0.25, 0.3) is 0 Å². The summed E-state index contributed by atoms with van der Waals surface area (Å²) in [6, 6.07) is -0.0246. The van der Waals surface area contributed by atoms with Crippen molar-refractivity contribution in [3.8, 4) is 0 Å². The van der Waals surface area contributed by atoms with E-state index in [1.54, 1.807) is 0 Å². The third-order valence-corrected chi connectivity index (χ3v) is 3.08. The van der Waals surface area contributed by atoms with Crippen molar-refractivity contribution in [2.24, 2.45) is 0 Å². The minimum Gasteiger partial charge on any atom is -0.468 e. The Morgan fingerprint density at radius 1 is 1.80 bits per heavy atom. The average Bonchev–Trinajstić information content (AvgIpc) is 2.28. The number of aliphatic hydroxyl groups is 1. The maximum atomic E-state index is 11.2. The number of hydrogen-bond donors (Lipinski definition) is 1. The Hall–Kier alpha value is -0.170. The molecule has 1 saturated heterocycles. The van der Waals surface area contributed by atoms with Crippen molar-refractivity contribution in [1.82, 2.24) is 4.90 Å². The van der Waals surface area contributed by atoms with Crippen molar-refractivity contribution in [2.75, 3.05) is 40.0 Å². The molecule has 15 heavy (non-hydrogen) atoms. The van der Waals surface area contributed by atoms with E-state index in [0.717, 1.165) is 6.54 Å². The van der Waals surface area contributed by atoms with Gasteiger partial charge < -0.3 is 14.6 Å². The highest BCUT2D eigenvalue weighted by atomic mass is 79.9. The lowest BCUT2D eigenvalue weighted by Crippen LogP contribution is -2.50. The number of nitrogens with zero attached hydrogens (tertiary/aromatic N) is 1. The van der Waals surface area contributed by atoms with E-state index in [9.17, 15) is 4.79 Å². The highest BCUT2D eigenvalue weighted by Crippen LogP contribution is 2.11. The molecule has 5 nitrogen and oxygen atoms in total. The Kier molecular flexibility index (Phi) is 5.52. The first-order chi connectivity index (χ1) is 7.19. The summed E-state index contributed by atoms with van der Waals surface area (Å²) in [4.78, 5) is 12.9. The van der Waals surface area contributed by atoms with Crippen LogP contribution in [0.4, 0.5) is 0 Å². The molecule has 0 radical (unpaired) electrons. The molecule has 0 aliphatic carbocycles. The second-order valence-electron chi connectivity index (χ2n) is 3.40. The molecule has 1 heterocycles. The van der Waals surface area contributed by atoms with Crippen molar-refractivity contribution in [1.29, 1.82) is 0 Å². The van der Waals surface area contributed by atoms with Gasteiger partial charge in [-0.05, 0) is 0 Å². The monoisotopic (exact) mass is 281 g/mol. The van der Waals surface area contributed by atoms with Crippen molar-refractivity contribution in [2.45, 2.75) is 10.9 Å². The summed E-state index contributed by atoms with van der Waals surface area (Å²) < 4.78 is 9.85. The standard InChI is InChI=1S/C9H16BrNO4/c1-14-9(13)8(10)4-11-2-3-15-6-7(11)5-12/h7-8,12H,2-6H2,1H3. The van der Waals surface area contributed by atoms with Crippen molar-refractivity contribution < 1.29 is 19.4 Å². The number of ether oxygens (including phenoxy) is 2. The largest absolute Gasteiger partial charge is 0.468 e. The summed E-state index contributed by atoms with van der Waals surface area (Å²) in [5.41, 5.74) is 0. The zero-order valence-corrected chi connectivity index (χ0v) is 10.3. The third-order valence-electron chi connectivity index (χ3n) is 2.41. The Labute approximate surface area is 97.5 Å². The van der Waals surface area contributed by atoms with Gasteiger partial charge in [0.1, 0.15) is 4.83 Å². The maximum absolute atomic E-state index is 11.2. The fraction of sp³-hybridized carbons (Fsp3) is 0.889. The molecule has 1 fully saturated rings. The Morgan fingerprint density at radius 2 is 2.53 bits per heavy atom. The average molecular weight is 282 g/mol. The number of alkyl halides is 1. The topological polar surface area (TPSA) is 59.0 Å². The van der Waals surface area contributed by atoms with Crippen LogP contribution in [0.25, 0.3) is 0 Å². The van der Waals surface area contributed by atoms with Gasteiger partial charge in [0, 0.05) is 13.1 Å². The van der Waals surface area contributed by atoms with E-state index in [0.29, 0.717) is 19.8 Å². The molecule has 1 rings (SSSR count). The van der Waals surface area contributed by atoms with E-state index < -0.39 is 0 Å². The molecule has 0 saturated carbocycles. The molecule has 0 amide bonds. The molecule has 1 aliphatic rings. The third kappa shape index (κ3) is 3.71. The molecule has 0 aromatic carbocycles. The lowest BCUT2D eigenvalue weighted by molar-refractivity contribution is -0.140. The van der Waals surface area contributed by atoms with Gasteiger partial charge in [0.05, 0.1) is 33.0 Å². The van der Waals surface area contributed by atoms with Crippen molar-refractivity contribution in [3.63, 3.8) is 0 Å². The molecule has 0 aromatic rings. The van der Waals surface area contributed by atoms with Crippen LogP contribution >= 0.6 is 15.9 Å². The molecule has 2 unspecified atom stereocenters. The normalized spacial score (nSPS) is 24.9. The number of rotatable bonds is 4. The Bertz CT molecular complexity index is 214. The number of morpholine rings is 1. The zero-order chi connectivity index (χ0) is 11.3. The number of methoxy groups -OCH3 is 1. The molecule has 0 aromatic heterocycles. The molecule has 0 bridgehead atoms. The molecule has 2 atom stereocenters. The van der Waals surface area contributed by atoms with Crippen LogP contribution < -0.4 is 0 Å². The van der Waals surface area contributed by atoms with Gasteiger partial charge in [-0.2, -0.15) is 0 Å². The number of aliphatic hydroxyl groups excluding tert-OH is 1. The van der Waals surface area contributed by atoms with Crippen LogP contribution in [-0.4, -0.2) is 66.9 Å². The fourth-order valence-electron chi connectivity index (χ4n) is 1.51. The van der Waals surface area contributed by atoms with Gasteiger partial charge in [0.2, 0.25) is 0 Å². The van der Waals surface area contributed by atoms with Gasteiger partial charge in [-0.1, -0.05) is 15.9 Å². The smallest absolute Gasteiger partial charge is 0.320 e. The van der Waals surface area contributed by atoms with Crippen molar-refractivity contribution in [3.05, 3.63) is 0 Å². The van der Waals surface area contributed by atoms with Crippen molar-refractivity contribution >= 4 is 21.9 Å². The summed E-state index contributed by atoms with van der Waals surface area (Å²) in [5, 5.41) is 9.12. The van der Waals surface area contributed by atoms with Crippen LogP contribution in [0.15, 0.2) is 0 Å². The number of hydrogen-bond acceptors (Lipinski definition) is 5. The lowest BCUT2D eigenvalue weighted by Gasteiger charge is -2.35. The first kappa shape index (κ1) is 12.9. The highest BCUT2D eigenvalue weighted by Gasteiger charge is 2.26. The first-order valence-electron chi connectivity index (χ1n) is 4.83. The van der Waals surface area contributed by atoms with Gasteiger partial charge >= 0.3 is 5.97 Å². The summed E-state index contributed by atoms with van der Waals surface area (Å²) in [6.45, 7) is 2.45. The lowest BCUT2D eigenvalue weighted by atomic mass is 10.2. The van der Waals surface area contributed by atoms with Gasteiger partial charge in [-0.3, -0.25) is 9.69 Å². The number of esters is 1. The van der Waals surface area contributed by atoms with E-state index in [1.807, 2.05) is 4.90 Å². The molecule has 88 valence electrons. The van der Waals surface area contributed by atoms with Crippen LogP contribution in [-0.2, 0) is 14.3 Å². The quantitative estimate of drug-likeness (QED) is 0.562. The molecular weight excluding hydrogens is 266 g/mol. The van der Waals surface area contributed by atoms with Crippen LogP contribution in [0.5, 0.6) is 0 Å². The predicted octanol–water partition coefficient (Wildman–Crippen LogP) is -0.384. The van der Waals surface area contributed by atoms with Crippen LogP contribution in [0.3, 0.4) is 0 Å². The minimum absolute atomic E-state index is 0.0246. The van der Waals surface area contributed by atoms with Crippen LogP contribution in [0.2, 0.25) is 0 Å². The fourth-order valence-corrected chi connectivity index (χ4v) is 2.06. The van der Waals surface area contributed by atoms with E-state index in [1.165, 1.54) is 7.11 Å². The number of carbonyl (C=O) groups excluding carboxylic acids is 1. The summed E-state index contributed by atoms with van der Waals surface area (Å²) in [5.74, 6) is -0.293. The molecular formula is C9H16BrNO4. The minimum atomic E-state index is -0.352. The molecule has 6 heteroatoms. The van der Waals surface area contributed by atoms with Crippen LogP contribution in [0.1, 0.15) is 0 Å². The SMILES string of the molecule is COC(=O)C(Br)CN1CCOCC1CO.